The number of ether oxygens (including phenoxy) is 4. The van der Waals surface area contributed by atoms with E-state index < -0.39 is 29.7 Å². The molecule has 9 nitrogen and oxygen atoms in total. The van der Waals surface area contributed by atoms with E-state index in [-0.39, 0.29) is 46.6 Å². The average molecular weight is 565 g/mol. The number of esters is 4. The molecule has 4 rings (SSSR count). The second-order valence-corrected chi connectivity index (χ2v) is 13.6. The van der Waals surface area contributed by atoms with Gasteiger partial charge in [0.1, 0.15) is 12.2 Å². The van der Waals surface area contributed by atoms with Crippen LogP contribution in [0.25, 0.3) is 0 Å². The summed E-state index contributed by atoms with van der Waals surface area (Å²) in [6.45, 7) is 10.8. The topological polar surface area (TPSA) is 125 Å². The van der Waals surface area contributed by atoms with Gasteiger partial charge in [0, 0.05) is 39.5 Å². The smallest absolute Gasteiger partial charge is 0.347 e. The molecule has 0 aromatic carbocycles. The van der Waals surface area contributed by atoms with Crippen LogP contribution in [0, 0.1) is 40.4 Å². The largest absolute Gasteiger partial charge is 0.466 e. The summed E-state index contributed by atoms with van der Waals surface area (Å²) in [6, 6.07) is 0. The molecule has 0 aliphatic heterocycles. The molecule has 0 bridgehead atoms. The number of methoxy groups -OCH3 is 1. The highest BCUT2D eigenvalue weighted by molar-refractivity contribution is 5.78. The van der Waals surface area contributed by atoms with Crippen molar-refractivity contribution in [3.05, 3.63) is 0 Å². The minimum absolute atomic E-state index is 0.0450. The predicted molar refractivity (Wildman–Crippen MR) is 145 cm³/mol. The summed E-state index contributed by atoms with van der Waals surface area (Å²) in [4.78, 5) is 48.1. The van der Waals surface area contributed by atoms with Gasteiger partial charge in [0.2, 0.25) is 0 Å². The molecular formula is C31H48O9. The van der Waals surface area contributed by atoms with E-state index in [9.17, 15) is 24.3 Å². The van der Waals surface area contributed by atoms with Gasteiger partial charge in [-0.1, -0.05) is 20.8 Å². The maximum absolute atomic E-state index is 12.4. The SMILES string of the molecule is COC(=O)[C@@H](C[C@@H](C)[C@H]1CC[C@H]2[C@@H]3[C@H](OC(C)=O)C[C@]4(O)C[C@H](OC(C)=O)CC[C@]4(C)[C@H]3CC[C@]12C)OC(C)=O. The second-order valence-electron chi connectivity index (χ2n) is 13.6. The molecule has 4 aliphatic carbocycles. The molecule has 4 fully saturated rings. The Morgan fingerprint density at radius 3 is 2.15 bits per heavy atom. The van der Waals surface area contributed by atoms with Gasteiger partial charge >= 0.3 is 23.9 Å². The number of hydrogen-bond donors (Lipinski definition) is 1. The van der Waals surface area contributed by atoms with Gasteiger partial charge in [0.25, 0.3) is 0 Å². The van der Waals surface area contributed by atoms with Gasteiger partial charge in [-0.3, -0.25) is 14.4 Å². The zero-order valence-corrected chi connectivity index (χ0v) is 25.2. The van der Waals surface area contributed by atoms with Crippen LogP contribution in [0.2, 0.25) is 0 Å². The molecule has 9 heteroatoms. The number of carbonyl (C=O) groups excluding carboxylic acids is 4. The molecule has 0 heterocycles. The van der Waals surface area contributed by atoms with Gasteiger partial charge in [0.05, 0.1) is 12.7 Å². The Balaban J connectivity index is 1.61. The van der Waals surface area contributed by atoms with Crippen LogP contribution in [-0.2, 0) is 38.1 Å². The molecule has 11 atom stereocenters. The summed E-state index contributed by atoms with van der Waals surface area (Å²) in [6.07, 6.45) is 4.70. The quantitative estimate of drug-likeness (QED) is 0.354. The third kappa shape index (κ3) is 5.39. The van der Waals surface area contributed by atoms with Crippen molar-refractivity contribution in [3.63, 3.8) is 0 Å². The van der Waals surface area contributed by atoms with E-state index in [2.05, 4.69) is 20.8 Å². The summed E-state index contributed by atoms with van der Waals surface area (Å²) in [5.74, 6) is -0.750. The lowest BCUT2D eigenvalue weighted by Crippen LogP contribution is -2.67. The first kappa shape index (κ1) is 30.8. The predicted octanol–water partition coefficient (Wildman–Crippen LogP) is 4.36. The van der Waals surface area contributed by atoms with Crippen LogP contribution in [0.3, 0.4) is 0 Å². The summed E-state index contributed by atoms with van der Waals surface area (Å²) >= 11 is 0. The van der Waals surface area contributed by atoms with Gasteiger partial charge < -0.3 is 24.1 Å². The fourth-order valence-electron chi connectivity index (χ4n) is 9.85. The molecule has 0 unspecified atom stereocenters. The summed E-state index contributed by atoms with van der Waals surface area (Å²) in [5.41, 5.74) is -1.51. The van der Waals surface area contributed by atoms with Crippen molar-refractivity contribution in [2.75, 3.05) is 7.11 Å². The summed E-state index contributed by atoms with van der Waals surface area (Å²) in [7, 11) is 1.30. The van der Waals surface area contributed by atoms with E-state index in [0.29, 0.717) is 37.5 Å². The van der Waals surface area contributed by atoms with Gasteiger partial charge in [-0.05, 0) is 79.4 Å². The Bertz CT molecular complexity index is 1010. The van der Waals surface area contributed by atoms with E-state index in [1.807, 2.05) is 0 Å². The molecule has 0 spiro atoms. The lowest BCUT2D eigenvalue weighted by atomic mass is 9.42. The molecular weight excluding hydrogens is 516 g/mol. The average Bonchev–Trinajstić information content (AvgIpc) is 3.20. The number of rotatable bonds is 7. The standard InChI is InChI=1S/C31H48O9/c1-17(14-25(28(35)37-7)39-19(3)33)22-8-9-23-27-24(11-12-29(22,23)5)30(6)13-10-21(38-18(2)32)15-31(30,36)16-26(27)40-20(4)34/h17,21-27,36H,8-16H2,1-7H3/t17-,21-,22-,23+,24+,25-,26-,27+,29-,30-,31-/m1/s1. The molecule has 0 aromatic heterocycles. The Morgan fingerprint density at radius 2 is 1.55 bits per heavy atom. The Hall–Kier alpha value is -2.16. The Morgan fingerprint density at radius 1 is 0.875 bits per heavy atom. The van der Waals surface area contributed by atoms with Gasteiger partial charge in [-0.15, -0.1) is 0 Å². The van der Waals surface area contributed by atoms with Crippen molar-refractivity contribution in [2.24, 2.45) is 40.4 Å². The zero-order valence-electron chi connectivity index (χ0n) is 25.2. The van der Waals surface area contributed by atoms with Crippen molar-refractivity contribution < 1.29 is 43.2 Å². The first-order valence-corrected chi connectivity index (χ1v) is 15.0. The first-order valence-electron chi connectivity index (χ1n) is 15.0. The highest BCUT2D eigenvalue weighted by atomic mass is 16.6. The van der Waals surface area contributed by atoms with Crippen LogP contribution in [0.1, 0.15) is 99.3 Å². The lowest BCUT2D eigenvalue weighted by molar-refractivity contribution is -0.255. The van der Waals surface area contributed by atoms with Gasteiger partial charge in [0.15, 0.2) is 6.10 Å². The van der Waals surface area contributed by atoms with E-state index >= 15 is 0 Å². The van der Waals surface area contributed by atoms with Gasteiger partial charge in [-0.25, -0.2) is 4.79 Å². The molecule has 40 heavy (non-hydrogen) atoms. The van der Waals surface area contributed by atoms with Crippen molar-refractivity contribution in [3.8, 4) is 0 Å². The van der Waals surface area contributed by atoms with Crippen LogP contribution in [0.5, 0.6) is 0 Å². The highest BCUT2D eigenvalue weighted by Crippen LogP contribution is 2.69. The number of hydrogen-bond acceptors (Lipinski definition) is 9. The molecule has 226 valence electrons. The van der Waals surface area contributed by atoms with E-state index in [1.165, 1.54) is 27.9 Å². The van der Waals surface area contributed by atoms with Crippen molar-refractivity contribution >= 4 is 23.9 Å². The van der Waals surface area contributed by atoms with E-state index in [0.717, 1.165) is 32.1 Å². The molecule has 0 saturated heterocycles. The Labute approximate surface area is 238 Å². The second kappa shape index (κ2) is 11.3. The van der Waals surface area contributed by atoms with Crippen molar-refractivity contribution in [2.45, 2.75) is 123 Å². The molecule has 4 aliphatic rings. The molecule has 4 saturated carbocycles. The van der Waals surface area contributed by atoms with E-state index in [4.69, 9.17) is 18.9 Å². The normalized spacial score (nSPS) is 41.8. The maximum Gasteiger partial charge on any atom is 0.347 e. The van der Waals surface area contributed by atoms with E-state index in [1.54, 1.807) is 0 Å². The Kier molecular flexibility index (Phi) is 8.66. The lowest BCUT2D eigenvalue weighted by Gasteiger charge is -2.65. The first-order chi connectivity index (χ1) is 18.6. The fourth-order valence-corrected chi connectivity index (χ4v) is 9.85. The molecule has 0 radical (unpaired) electrons. The van der Waals surface area contributed by atoms with Crippen molar-refractivity contribution in [1.29, 1.82) is 0 Å². The van der Waals surface area contributed by atoms with Crippen molar-refractivity contribution in [1.82, 2.24) is 0 Å². The van der Waals surface area contributed by atoms with Crippen LogP contribution in [0.15, 0.2) is 0 Å². The molecule has 1 N–H and O–H groups in total. The summed E-state index contributed by atoms with van der Waals surface area (Å²) < 4.78 is 21.8. The van der Waals surface area contributed by atoms with Crippen LogP contribution in [0.4, 0.5) is 0 Å². The number of aliphatic hydroxyl groups is 1. The molecule has 0 amide bonds. The third-order valence-corrected chi connectivity index (χ3v) is 11.5. The number of carbonyl (C=O) groups is 4. The minimum atomic E-state index is -1.09. The maximum atomic E-state index is 12.4. The third-order valence-electron chi connectivity index (χ3n) is 11.5. The fraction of sp³-hybridized carbons (Fsp3) is 0.871. The number of fused-ring (bicyclic) bond motifs is 5. The van der Waals surface area contributed by atoms with Gasteiger partial charge in [-0.2, -0.15) is 0 Å². The minimum Gasteiger partial charge on any atom is -0.466 e. The van der Waals surface area contributed by atoms with Crippen LogP contribution in [-0.4, -0.2) is 60.0 Å². The molecule has 0 aromatic rings. The summed E-state index contributed by atoms with van der Waals surface area (Å²) in [5, 5.41) is 12.2. The zero-order chi connectivity index (χ0) is 29.6. The monoisotopic (exact) mass is 564 g/mol. The van der Waals surface area contributed by atoms with Crippen LogP contribution >= 0.6 is 0 Å². The highest BCUT2D eigenvalue weighted by Gasteiger charge is 2.68. The van der Waals surface area contributed by atoms with Crippen LogP contribution < -0.4 is 0 Å².